The van der Waals surface area contributed by atoms with Crippen LogP contribution in [0.2, 0.25) is 0 Å². The highest BCUT2D eigenvalue weighted by atomic mass is 32.2. The normalized spacial score (nSPS) is 17.0. The number of nitrogens with two attached hydrogens (primary N) is 1. The van der Waals surface area contributed by atoms with Crippen LogP contribution >= 0.6 is 11.8 Å². The maximum absolute atomic E-state index is 11.4. The molecule has 0 atom stereocenters. The predicted octanol–water partition coefficient (Wildman–Crippen LogP) is 1.07. The van der Waals surface area contributed by atoms with E-state index in [0.717, 1.165) is 17.7 Å². The first-order chi connectivity index (χ1) is 10.2. The Bertz CT molecular complexity index is 727. The number of nitrogens with one attached hydrogen (secondary N) is 1. The second-order valence-corrected chi connectivity index (χ2v) is 5.97. The van der Waals surface area contributed by atoms with Crippen LogP contribution in [0, 0.1) is 0 Å². The third-order valence-corrected chi connectivity index (χ3v) is 4.33. The number of tetrazole rings is 1. The Kier molecular flexibility index (Phi) is 2.74. The van der Waals surface area contributed by atoms with E-state index in [1.165, 1.54) is 11.8 Å². The van der Waals surface area contributed by atoms with Crippen molar-refractivity contribution in [1.82, 2.24) is 20.2 Å². The van der Waals surface area contributed by atoms with Crippen molar-refractivity contribution in [2.24, 2.45) is 0 Å². The number of carbonyl (C=O) groups is 1. The van der Waals surface area contributed by atoms with Crippen LogP contribution in [0.1, 0.15) is 18.9 Å². The molecule has 0 saturated heterocycles. The van der Waals surface area contributed by atoms with Crippen molar-refractivity contribution in [3.8, 4) is 5.75 Å². The molecule has 0 unspecified atom stereocenters. The van der Waals surface area contributed by atoms with Gasteiger partial charge in [-0.1, -0.05) is 0 Å². The molecule has 1 aliphatic heterocycles. The summed E-state index contributed by atoms with van der Waals surface area (Å²) >= 11 is 1.38. The van der Waals surface area contributed by atoms with Crippen molar-refractivity contribution in [3.63, 3.8) is 0 Å². The van der Waals surface area contributed by atoms with Crippen LogP contribution in [-0.2, 0) is 4.79 Å². The van der Waals surface area contributed by atoms with Crippen molar-refractivity contribution >= 4 is 29.0 Å². The van der Waals surface area contributed by atoms with Gasteiger partial charge in [0.15, 0.2) is 6.61 Å². The van der Waals surface area contributed by atoms with Crippen LogP contribution in [0.3, 0.4) is 0 Å². The van der Waals surface area contributed by atoms with Crippen molar-refractivity contribution in [2.75, 3.05) is 17.7 Å². The molecular weight excluding hydrogens is 292 g/mol. The Morgan fingerprint density at radius 2 is 2.29 bits per heavy atom. The predicted molar refractivity (Wildman–Crippen MR) is 75.2 cm³/mol. The molecule has 21 heavy (non-hydrogen) atoms. The quantitative estimate of drug-likeness (QED) is 0.816. The average Bonchev–Trinajstić information content (AvgIpc) is 3.20. The summed E-state index contributed by atoms with van der Waals surface area (Å²) in [7, 11) is 0. The number of hydrogen-bond acceptors (Lipinski definition) is 7. The molecule has 0 radical (unpaired) electrons. The van der Waals surface area contributed by atoms with Crippen LogP contribution in [0.25, 0.3) is 0 Å². The molecule has 2 aromatic rings. The van der Waals surface area contributed by atoms with Crippen molar-refractivity contribution < 1.29 is 9.53 Å². The van der Waals surface area contributed by atoms with Crippen LogP contribution in [0.5, 0.6) is 5.75 Å². The summed E-state index contributed by atoms with van der Waals surface area (Å²) < 4.78 is 7.15. The van der Waals surface area contributed by atoms with Crippen molar-refractivity contribution in [3.05, 3.63) is 12.1 Å². The van der Waals surface area contributed by atoms with E-state index in [1.54, 1.807) is 12.1 Å². The molecule has 3 N–H and O–H groups in total. The number of nitrogen functional groups attached to an aromatic ring is 1. The highest BCUT2D eigenvalue weighted by molar-refractivity contribution is 7.99. The molecule has 9 heteroatoms. The standard InChI is InChI=1S/C12H12N6O2S/c13-7-3-9-8(14-11(19)5-20-9)4-10(7)21-12-15-16-17-18(12)6-1-2-6/h3-4,6H,1-2,5,13H2,(H,14,19). The lowest BCUT2D eigenvalue weighted by Gasteiger charge is -2.19. The van der Waals surface area contributed by atoms with E-state index in [-0.39, 0.29) is 12.5 Å². The van der Waals surface area contributed by atoms with E-state index < -0.39 is 0 Å². The lowest BCUT2D eigenvalue weighted by atomic mass is 10.2. The molecule has 1 aromatic heterocycles. The van der Waals surface area contributed by atoms with Gasteiger partial charge in [-0.25, -0.2) is 4.68 Å². The fourth-order valence-electron chi connectivity index (χ4n) is 2.11. The summed E-state index contributed by atoms with van der Waals surface area (Å²) in [6, 6.07) is 3.89. The Morgan fingerprint density at radius 3 is 3.10 bits per heavy atom. The van der Waals surface area contributed by atoms with E-state index in [4.69, 9.17) is 10.5 Å². The molecule has 1 fully saturated rings. The van der Waals surface area contributed by atoms with E-state index in [1.807, 2.05) is 4.68 Å². The molecule has 1 aliphatic carbocycles. The number of anilines is 2. The van der Waals surface area contributed by atoms with Gasteiger partial charge in [-0.05, 0) is 41.1 Å². The zero-order valence-corrected chi connectivity index (χ0v) is 11.8. The summed E-state index contributed by atoms with van der Waals surface area (Å²) in [4.78, 5) is 12.2. The number of carbonyl (C=O) groups excluding carboxylic acids is 1. The van der Waals surface area contributed by atoms with Gasteiger partial charge in [0.2, 0.25) is 5.16 Å². The molecule has 0 bridgehead atoms. The second kappa shape index (κ2) is 4.62. The van der Waals surface area contributed by atoms with E-state index >= 15 is 0 Å². The minimum Gasteiger partial charge on any atom is -0.482 e. The minimum absolute atomic E-state index is 0.0128. The molecule has 2 heterocycles. The maximum Gasteiger partial charge on any atom is 0.262 e. The third-order valence-electron chi connectivity index (χ3n) is 3.30. The first kappa shape index (κ1) is 12.5. The van der Waals surface area contributed by atoms with Gasteiger partial charge >= 0.3 is 0 Å². The zero-order valence-electron chi connectivity index (χ0n) is 10.9. The van der Waals surface area contributed by atoms with Crippen LogP contribution < -0.4 is 15.8 Å². The summed E-state index contributed by atoms with van der Waals surface area (Å²) in [6.45, 7) is 0.0128. The van der Waals surface area contributed by atoms with Crippen LogP contribution in [0.15, 0.2) is 22.2 Å². The number of aromatic nitrogens is 4. The van der Waals surface area contributed by atoms with Crippen molar-refractivity contribution in [1.29, 1.82) is 0 Å². The van der Waals surface area contributed by atoms with Gasteiger partial charge < -0.3 is 15.8 Å². The second-order valence-electron chi connectivity index (χ2n) is 4.96. The molecule has 108 valence electrons. The largest absolute Gasteiger partial charge is 0.482 e. The summed E-state index contributed by atoms with van der Waals surface area (Å²) in [5, 5.41) is 15.2. The van der Waals surface area contributed by atoms with Gasteiger partial charge in [0.25, 0.3) is 5.91 Å². The van der Waals surface area contributed by atoms with E-state index in [0.29, 0.717) is 28.3 Å². The zero-order chi connectivity index (χ0) is 14.4. The van der Waals surface area contributed by atoms with Gasteiger partial charge in [0.05, 0.1) is 11.7 Å². The Hall–Kier alpha value is -2.29. The number of fused-ring (bicyclic) bond motifs is 1. The number of nitrogens with zero attached hydrogens (tertiary/aromatic N) is 4. The third kappa shape index (κ3) is 2.29. The highest BCUT2D eigenvalue weighted by Crippen LogP contribution is 2.42. The number of benzene rings is 1. The average molecular weight is 304 g/mol. The first-order valence-corrected chi connectivity index (χ1v) is 7.34. The highest BCUT2D eigenvalue weighted by Gasteiger charge is 2.28. The van der Waals surface area contributed by atoms with Crippen LogP contribution in [0.4, 0.5) is 11.4 Å². The minimum atomic E-state index is -0.175. The van der Waals surface area contributed by atoms with Gasteiger partial charge in [-0.3, -0.25) is 4.79 Å². The number of amides is 1. The Morgan fingerprint density at radius 1 is 1.43 bits per heavy atom. The van der Waals surface area contributed by atoms with E-state index in [2.05, 4.69) is 20.8 Å². The Balaban J connectivity index is 1.67. The number of hydrogen-bond donors (Lipinski definition) is 2. The van der Waals surface area contributed by atoms with E-state index in [9.17, 15) is 4.79 Å². The fourth-order valence-corrected chi connectivity index (χ4v) is 3.02. The van der Waals surface area contributed by atoms with Gasteiger partial charge in [0, 0.05) is 16.6 Å². The van der Waals surface area contributed by atoms with Gasteiger partial charge in [-0.2, -0.15) is 0 Å². The SMILES string of the molecule is Nc1cc2c(cc1Sc1nnnn1C1CC1)NC(=O)CO2. The molecule has 4 rings (SSSR count). The van der Waals surface area contributed by atoms with Crippen molar-refractivity contribution in [2.45, 2.75) is 28.9 Å². The van der Waals surface area contributed by atoms with Crippen LogP contribution in [-0.4, -0.2) is 32.7 Å². The molecule has 0 spiro atoms. The molecule has 1 saturated carbocycles. The monoisotopic (exact) mass is 304 g/mol. The molecule has 8 nitrogen and oxygen atoms in total. The Labute approximate surface area is 124 Å². The molecular formula is C12H12N6O2S. The van der Waals surface area contributed by atoms with Gasteiger partial charge in [-0.15, -0.1) is 5.10 Å². The molecule has 2 aliphatic rings. The number of rotatable bonds is 3. The smallest absolute Gasteiger partial charge is 0.262 e. The lowest BCUT2D eigenvalue weighted by molar-refractivity contribution is -0.118. The first-order valence-electron chi connectivity index (χ1n) is 6.52. The summed E-state index contributed by atoms with van der Waals surface area (Å²) in [5.41, 5.74) is 7.23. The summed E-state index contributed by atoms with van der Waals surface area (Å²) in [6.07, 6.45) is 2.20. The van der Waals surface area contributed by atoms with Gasteiger partial charge in [0.1, 0.15) is 5.75 Å². The number of ether oxygens (including phenoxy) is 1. The maximum atomic E-state index is 11.4. The topological polar surface area (TPSA) is 108 Å². The fraction of sp³-hybridized carbons (Fsp3) is 0.333. The lowest BCUT2D eigenvalue weighted by Crippen LogP contribution is -2.25. The molecule has 1 amide bonds. The molecule has 1 aromatic carbocycles. The summed E-state index contributed by atoms with van der Waals surface area (Å²) in [5.74, 6) is 0.407.